The van der Waals surface area contributed by atoms with Gasteiger partial charge in [-0.15, -0.1) is 0 Å². The molecule has 1 heterocycles. The third-order valence-corrected chi connectivity index (χ3v) is 4.60. The summed E-state index contributed by atoms with van der Waals surface area (Å²) in [5, 5.41) is 0. The molecule has 1 amide bonds. The second kappa shape index (κ2) is 6.24. The van der Waals surface area contributed by atoms with Gasteiger partial charge in [0.2, 0.25) is 0 Å². The van der Waals surface area contributed by atoms with Gasteiger partial charge in [-0.3, -0.25) is 4.79 Å². The van der Waals surface area contributed by atoms with Crippen molar-refractivity contribution in [2.24, 2.45) is 4.99 Å². The van der Waals surface area contributed by atoms with E-state index in [9.17, 15) is 18.0 Å². The summed E-state index contributed by atoms with van der Waals surface area (Å²) < 4.78 is 41.2. The minimum atomic E-state index is -4.49. The quantitative estimate of drug-likeness (QED) is 0.671. The molecule has 0 saturated heterocycles. The highest BCUT2D eigenvalue weighted by Crippen LogP contribution is 2.29. The van der Waals surface area contributed by atoms with E-state index in [-0.39, 0.29) is 5.56 Å². The molecule has 0 fully saturated rings. The fourth-order valence-corrected chi connectivity index (χ4v) is 3.48. The molecule has 3 rings (SSSR count). The maximum atomic E-state index is 12.8. The summed E-state index contributed by atoms with van der Waals surface area (Å²) in [4.78, 5) is 16.8. The molecule has 0 saturated carbocycles. The zero-order valence-corrected chi connectivity index (χ0v) is 13.5. The summed E-state index contributed by atoms with van der Waals surface area (Å²) in [5.74, 6) is -0.685. The average molecular weight is 350 g/mol. The number of carbonyl (C=O) groups excluding carboxylic acids is 1. The number of thiazole rings is 1. The van der Waals surface area contributed by atoms with Gasteiger partial charge >= 0.3 is 6.18 Å². The lowest BCUT2D eigenvalue weighted by atomic mass is 10.1. The van der Waals surface area contributed by atoms with Gasteiger partial charge in [-0.05, 0) is 37.3 Å². The van der Waals surface area contributed by atoms with Gasteiger partial charge in [-0.25, -0.2) is 0 Å². The van der Waals surface area contributed by atoms with Crippen molar-refractivity contribution in [1.82, 2.24) is 4.57 Å². The molecular formula is C17H13F3N2OS. The van der Waals surface area contributed by atoms with E-state index < -0.39 is 17.6 Å². The Morgan fingerprint density at radius 3 is 2.62 bits per heavy atom. The third-order valence-electron chi connectivity index (χ3n) is 3.54. The minimum absolute atomic E-state index is 0.0788. The van der Waals surface area contributed by atoms with Gasteiger partial charge in [0.1, 0.15) is 0 Å². The van der Waals surface area contributed by atoms with Gasteiger partial charge in [0.15, 0.2) is 4.80 Å². The van der Waals surface area contributed by atoms with E-state index in [4.69, 9.17) is 0 Å². The number of aromatic nitrogens is 1. The number of amides is 1. The van der Waals surface area contributed by atoms with Crippen LogP contribution < -0.4 is 4.80 Å². The maximum Gasteiger partial charge on any atom is 0.416 e. The van der Waals surface area contributed by atoms with Crippen LogP contribution in [0.25, 0.3) is 10.2 Å². The Labute approximate surface area is 139 Å². The van der Waals surface area contributed by atoms with Gasteiger partial charge in [0.05, 0.1) is 15.8 Å². The van der Waals surface area contributed by atoms with E-state index in [2.05, 4.69) is 4.99 Å². The summed E-state index contributed by atoms with van der Waals surface area (Å²) in [5.41, 5.74) is 0.00813. The number of para-hydroxylation sites is 1. The standard InChI is InChI=1S/C17H13F3N2OS/c1-2-22-13-8-3-4-9-14(13)24-16(22)21-15(23)11-6-5-7-12(10-11)17(18,19)20/h3-10H,2H2,1H3. The Balaban J connectivity index is 2.08. The van der Waals surface area contributed by atoms with Gasteiger partial charge in [-0.2, -0.15) is 18.2 Å². The molecule has 0 radical (unpaired) electrons. The molecule has 3 nitrogen and oxygen atoms in total. The van der Waals surface area contributed by atoms with Crippen molar-refractivity contribution < 1.29 is 18.0 Å². The predicted molar refractivity (Wildman–Crippen MR) is 86.8 cm³/mol. The molecule has 0 aliphatic heterocycles. The van der Waals surface area contributed by atoms with Gasteiger partial charge < -0.3 is 4.57 Å². The van der Waals surface area contributed by atoms with Crippen LogP contribution in [0.5, 0.6) is 0 Å². The van der Waals surface area contributed by atoms with Crippen molar-refractivity contribution in [2.45, 2.75) is 19.6 Å². The van der Waals surface area contributed by atoms with Crippen LogP contribution in [0.3, 0.4) is 0 Å². The third kappa shape index (κ3) is 3.12. The van der Waals surface area contributed by atoms with Crippen LogP contribution in [0.15, 0.2) is 53.5 Å². The number of aryl methyl sites for hydroxylation is 1. The molecule has 0 bridgehead atoms. The van der Waals surface area contributed by atoms with E-state index in [0.29, 0.717) is 11.3 Å². The molecule has 0 atom stereocenters. The SMILES string of the molecule is CCn1c(=NC(=O)c2cccc(C(F)(F)F)c2)sc2ccccc21. The monoisotopic (exact) mass is 350 g/mol. The van der Waals surface area contributed by atoms with Crippen LogP contribution in [-0.4, -0.2) is 10.5 Å². The molecule has 24 heavy (non-hydrogen) atoms. The first kappa shape index (κ1) is 16.4. The topological polar surface area (TPSA) is 34.4 Å². The number of hydrogen-bond acceptors (Lipinski definition) is 2. The van der Waals surface area contributed by atoms with E-state index in [0.717, 1.165) is 22.3 Å². The van der Waals surface area contributed by atoms with Crippen LogP contribution in [0, 0.1) is 0 Å². The number of carbonyl (C=O) groups is 1. The molecular weight excluding hydrogens is 337 g/mol. The molecule has 0 unspecified atom stereocenters. The molecule has 3 aromatic rings. The molecule has 7 heteroatoms. The lowest BCUT2D eigenvalue weighted by Crippen LogP contribution is -2.16. The molecule has 0 spiro atoms. The summed E-state index contributed by atoms with van der Waals surface area (Å²) in [6.45, 7) is 2.53. The Kier molecular flexibility index (Phi) is 4.28. The second-order valence-electron chi connectivity index (χ2n) is 5.09. The van der Waals surface area contributed by atoms with E-state index >= 15 is 0 Å². The molecule has 2 aromatic carbocycles. The van der Waals surface area contributed by atoms with Crippen LogP contribution in [0.4, 0.5) is 13.2 Å². The normalized spacial score (nSPS) is 12.8. The summed E-state index contributed by atoms with van der Waals surface area (Å²) in [6.07, 6.45) is -4.49. The predicted octanol–water partition coefficient (Wildman–Crippen LogP) is 4.48. The largest absolute Gasteiger partial charge is 0.416 e. The number of fused-ring (bicyclic) bond motifs is 1. The molecule has 0 aliphatic carbocycles. The first-order valence-electron chi connectivity index (χ1n) is 7.25. The van der Waals surface area contributed by atoms with Crippen LogP contribution >= 0.6 is 11.3 Å². The highest BCUT2D eigenvalue weighted by Gasteiger charge is 2.30. The van der Waals surface area contributed by atoms with Crippen molar-refractivity contribution in [1.29, 1.82) is 0 Å². The fraction of sp³-hybridized carbons (Fsp3) is 0.176. The highest BCUT2D eigenvalue weighted by molar-refractivity contribution is 7.16. The van der Waals surface area contributed by atoms with Gasteiger partial charge in [-0.1, -0.05) is 29.5 Å². The summed E-state index contributed by atoms with van der Waals surface area (Å²) in [7, 11) is 0. The fourth-order valence-electron chi connectivity index (χ4n) is 2.39. The number of halogens is 3. The second-order valence-corrected chi connectivity index (χ2v) is 6.10. The molecule has 0 aliphatic rings. The van der Waals surface area contributed by atoms with Crippen LogP contribution in [0.2, 0.25) is 0 Å². The first-order valence-corrected chi connectivity index (χ1v) is 8.06. The zero-order chi connectivity index (χ0) is 17.3. The highest BCUT2D eigenvalue weighted by atomic mass is 32.1. The van der Waals surface area contributed by atoms with Crippen molar-refractivity contribution in [3.05, 3.63) is 64.5 Å². The lowest BCUT2D eigenvalue weighted by molar-refractivity contribution is -0.137. The number of hydrogen-bond donors (Lipinski definition) is 0. The van der Waals surface area contributed by atoms with Gasteiger partial charge in [0, 0.05) is 12.1 Å². The Bertz CT molecular complexity index is 970. The Hall–Kier alpha value is -2.41. The maximum absolute atomic E-state index is 12.8. The number of alkyl halides is 3. The molecule has 1 aromatic heterocycles. The Morgan fingerprint density at radius 2 is 1.92 bits per heavy atom. The first-order chi connectivity index (χ1) is 11.4. The van der Waals surface area contributed by atoms with Crippen LogP contribution in [-0.2, 0) is 12.7 Å². The van der Waals surface area contributed by atoms with Crippen molar-refractivity contribution in [3.63, 3.8) is 0 Å². The smallest absolute Gasteiger partial charge is 0.317 e. The number of nitrogens with zero attached hydrogens (tertiary/aromatic N) is 2. The van der Waals surface area contributed by atoms with E-state index in [1.807, 2.05) is 35.8 Å². The van der Waals surface area contributed by atoms with E-state index in [1.165, 1.54) is 23.5 Å². The van der Waals surface area contributed by atoms with Crippen molar-refractivity contribution in [2.75, 3.05) is 0 Å². The lowest BCUT2D eigenvalue weighted by Gasteiger charge is -2.06. The van der Waals surface area contributed by atoms with E-state index in [1.54, 1.807) is 0 Å². The van der Waals surface area contributed by atoms with Crippen molar-refractivity contribution in [3.8, 4) is 0 Å². The molecule has 0 N–H and O–H groups in total. The summed E-state index contributed by atoms with van der Waals surface area (Å²) >= 11 is 1.33. The molecule has 124 valence electrons. The average Bonchev–Trinajstić information content (AvgIpc) is 2.91. The van der Waals surface area contributed by atoms with Crippen molar-refractivity contribution >= 4 is 27.5 Å². The Morgan fingerprint density at radius 1 is 1.17 bits per heavy atom. The number of benzene rings is 2. The van der Waals surface area contributed by atoms with Crippen LogP contribution in [0.1, 0.15) is 22.8 Å². The zero-order valence-electron chi connectivity index (χ0n) is 12.7. The van der Waals surface area contributed by atoms with Gasteiger partial charge in [0.25, 0.3) is 5.91 Å². The summed E-state index contributed by atoms with van der Waals surface area (Å²) in [6, 6.07) is 11.9. The number of rotatable bonds is 2. The minimum Gasteiger partial charge on any atom is -0.317 e.